The van der Waals surface area contributed by atoms with E-state index in [1.165, 1.54) is 25.8 Å². The van der Waals surface area contributed by atoms with Gasteiger partial charge in [-0.25, -0.2) is 19.7 Å². The number of aromatic amines is 1. The van der Waals surface area contributed by atoms with Crippen molar-refractivity contribution in [2.75, 3.05) is 18.9 Å². The molecule has 0 aromatic carbocycles. The highest BCUT2D eigenvalue weighted by atomic mass is 32.2. The highest BCUT2D eigenvalue weighted by Crippen LogP contribution is 2.31. The van der Waals surface area contributed by atoms with Gasteiger partial charge in [-0.2, -0.15) is 17.9 Å². The lowest BCUT2D eigenvalue weighted by Gasteiger charge is -2.20. The first kappa shape index (κ1) is 26.4. The third-order valence-corrected chi connectivity index (χ3v) is 7.71. The van der Waals surface area contributed by atoms with Gasteiger partial charge < -0.3 is 25.4 Å². The lowest BCUT2D eigenvalue weighted by molar-refractivity contribution is -0.0280. The molecular weight excluding hydrogens is 526 g/mol. The molecule has 3 aromatic rings. The van der Waals surface area contributed by atoms with Crippen LogP contribution in [0.1, 0.15) is 30.9 Å². The van der Waals surface area contributed by atoms with Crippen LogP contribution in [-0.4, -0.2) is 85.2 Å². The Hall–Kier alpha value is -3.26. The Kier molecular flexibility index (Phi) is 7.03. The van der Waals surface area contributed by atoms with E-state index in [2.05, 4.69) is 29.4 Å². The summed E-state index contributed by atoms with van der Waals surface area (Å²) in [5.74, 6) is 0.197. The van der Waals surface area contributed by atoms with E-state index in [0.717, 1.165) is 4.57 Å². The summed E-state index contributed by atoms with van der Waals surface area (Å²) in [6.07, 6.45) is -0.150. The van der Waals surface area contributed by atoms with Crippen molar-refractivity contribution in [2.24, 2.45) is 0 Å². The van der Waals surface area contributed by atoms with Crippen molar-refractivity contribution < 1.29 is 28.1 Å². The van der Waals surface area contributed by atoms with E-state index in [4.69, 9.17) is 15.2 Å². The Bertz CT molecular complexity index is 1550. The first-order valence-electron chi connectivity index (χ1n) is 11.7. The molecule has 0 bridgehead atoms. The van der Waals surface area contributed by atoms with Crippen molar-refractivity contribution in [3.63, 3.8) is 0 Å². The Balaban J connectivity index is 1.22. The molecule has 7 N–H and O–H groups in total. The fourth-order valence-electron chi connectivity index (χ4n) is 4.58. The minimum absolute atomic E-state index is 0.0147. The molecule has 3 aromatic heterocycles. The highest BCUT2D eigenvalue weighted by Gasteiger charge is 2.40. The Morgan fingerprint density at radius 2 is 1.89 bits per heavy atom. The van der Waals surface area contributed by atoms with Gasteiger partial charge in [-0.1, -0.05) is 0 Å². The molecule has 2 saturated heterocycles. The van der Waals surface area contributed by atoms with Gasteiger partial charge in [0.2, 0.25) is 0 Å². The summed E-state index contributed by atoms with van der Waals surface area (Å²) in [7, 11) is -4.14. The fraction of sp³-hybridized carbons (Fsp3) is 0.550. The van der Waals surface area contributed by atoms with Gasteiger partial charge in [0.25, 0.3) is 15.8 Å². The fourth-order valence-corrected chi connectivity index (χ4v) is 5.69. The van der Waals surface area contributed by atoms with Crippen LogP contribution in [0, 0.1) is 6.92 Å². The number of hydrogen-bond acceptors (Lipinski definition) is 12. The van der Waals surface area contributed by atoms with Crippen LogP contribution in [0.15, 0.2) is 28.4 Å². The van der Waals surface area contributed by atoms with Gasteiger partial charge in [0.1, 0.15) is 24.3 Å². The number of nitrogens with zero attached hydrogens (tertiary/aromatic N) is 5. The van der Waals surface area contributed by atoms with E-state index >= 15 is 0 Å². The topological polar surface area (TPSA) is 242 Å². The molecule has 2 fully saturated rings. The molecule has 17 nitrogen and oxygen atoms in total. The largest absolute Gasteiger partial charge is 0.394 e. The second-order valence-electron chi connectivity index (χ2n) is 9.12. The maximum Gasteiger partial charge on any atom is 0.330 e. The third-order valence-electron chi connectivity index (χ3n) is 6.55. The number of aliphatic hydroxyl groups is 2. The number of aromatic nitrogens is 6. The predicted molar refractivity (Wildman–Crippen MR) is 130 cm³/mol. The molecule has 5 heterocycles. The summed E-state index contributed by atoms with van der Waals surface area (Å²) in [5.41, 5.74) is 5.62. The zero-order valence-corrected chi connectivity index (χ0v) is 20.9. The third kappa shape index (κ3) is 5.06. The lowest BCUT2D eigenvalue weighted by Crippen LogP contribution is -2.49. The zero-order chi connectivity index (χ0) is 27.2. The maximum absolute atomic E-state index is 12.8. The number of aryl methyl sites for hydroxylation is 1. The number of hydrogen-bond donors (Lipinski definition) is 6. The van der Waals surface area contributed by atoms with Crippen LogP contribution in [0.5, 0.6) is 0 Å². The van der Waals surface area contributed by atoms with Crippen LogP contribution in [0.3, 0.4) is 0 Å². The van der Waals surface area contributed by atoms with E-state index < -0.39 is 64.9 Å². The van der Waals surface area contributed by atoms with Crippen LogP contribution in [0.2, 0.25) is 0 Å². The molecule has 2 aliphatic rings. The molecular formula is C20H27N9O8S. The molecule has 0 saturated carbocycles. The molecule has 38 heavy (non-hydrogen) atoms. The number of aliphatic hydroxyl groups excluding tert-OH is 2. The minimum Gasteiger partial charge on any atom is -0.394 e. The van der Waals surface area contributed by atoms with Crippen LogP contribution in [0.25, 0.3) is 11.2 Å². The van der Waals surface area contributed by atoms with Gasteiger partial charge in [-0.3, -0.25) is 18.9 Å². The smallest absolute Gasteiger partial charge is 0.330 e. The summed E-state index contributed by atoms with van der Waals surface area (Å²) in [4.78, 5) is 38.2. The Labute approximate surface area is 214 Å². The number of nitrogens with two attached hydrogens (primary N) is 1. The first-order valence-corrected chi connectivity index (χ1v) is 13.2. The molecule has 6 atom stereocenters. The van der Waals surface area contributed by atoms with E-state index in [-0.39, 0.29) is 30.8 Å². The lowest BCUT2D eigenvalue weighted by atomic mass is 10.1. The minimum atomic E-state index is -4.14. The molecule has 0 aliphatic carbocycles. The van der Waals surface area contributed by atoms with Crippen LogP contribution >= 0.6 is 0 Å². The van der Waals surface area contributed by atoms with Crippen molar-refractivity contribution in [1.82, 2.24) is 38.5 Å². The SMILES string of the molecule is Cc1cn([C@H]2C[C@H](NS(=O)(=O)NC[C@H]3O[C@@H](n4cnc5c(N)ncnc54)C[C@@H]3O)[C@@H](CO)O2)c(=O)[nH]c1=O. The number of anilines is 1. The van der Waals surface area contributed by atoms with Gasteiger partial charge in [-0.05, 0) is 6.92 Å². The normalized spacial score (nSPS) is 27.9. The average Bonchev–Trinajstić information content (AvgIpc) is 3.57. The number of nitrogens with one attached hydrogen (secondary N) is 3. The van der Waals surface area contributed by atoms with Gasteiger partial charge >= 0.3 is 5.69 Å². The summed E-state index contributed by atoms with van der Waals surface area (Å²) in [6.45, 7) is 0.746. The average molecular weight is 554 g/mol. The summed E-state index contributed by atoms with van der Waals surface area (Å²) < 4.78 is 44.6. The van der Waals surface area contributed by atoms with Gasteiger partial charge in [0.05, 0.1) is 37.3 Å². The first-order chi connectivity index (χ1) is 18.1. The maximum atomic E-state index is 12.8. The standard InChI is InChI=1S/C20H27N9O8S/c1-9-5-28(20(33)26-19(9)32)14-2-10(13(6-30)37-14)27-38(34,35)25-4-12-11(31)3-15(36-12)29-8-24-16-17(21)22-7-23-18(16)29/h5,7-8,10-15,25,27,30-31H,2-4,6H2,1H3,(H2,21,22,23)(H,26,32,33)/t10-,11-,12+,13+,14+,15+/m0/s1. The molecule has 0 spiro atoms. The van der Waals surface area contributed by atoms with Gasteiger partial charge in [0.15, 0.2) is 11.5 Å². The molecule has 206 valence electrons. The van der Waals surface area contributed by atoms with Crippen LogP contribution < -0.4 is 26.4 Å². The Morgan fingerprint density at radius 1 is 1.16 bits per heavy atom. The molecule has 0 radical (unpaired) electrons. The van der Waals surface area contributed by atoms with Crippen molar-refractivity contribution in [3.05, 3.63) is 45.3 Å². The number of imidazole rings is 1. The Morgan fingerprint density at radius 3 is 2.66 bits per heavy atom. The molecule has 5 rings (SSSR count). The van der Waals surface area contributed by atoms with Crippen molar-refractivity contribution in [2.45, 2.75) is 56.6 Å². The molecule has 0 amide bonds. The van der Waals surface area contributed by atoms with E-state index in [1.807, 2.05) is 0 Å². The highest BCUT2D eigenvalue weighted by molar-refractivity contribution is 7.87. The summed E-state index contributed by atoms with van der Waals surface area (Å²) >= 11 is 0. The second kappa shape index (κ2) is 10.1. The number of nitrogen functional groups attached to an aromatic ring is 1. The van der Waals surface area contributed by atoms with E-state index in [1.54, 1.807) is 4.57 Å². The number of H-pyrrole nitrogens is 1. The second-order valence-corrected chi connectivity index (χ2v) is 10.6. The number of rotatable bonds is 8. The summed E-state index contributed by atoms with van der Waals surface area (Å²) in [6, 6.07) is -0.883. The van der Waals surface area contributed by atoms with Crippen LogP contribution in [-0.2, 0) is 19.7 Å². The van der Waals surface area contributed by atoms with E-state index in [0.29, 0.717) is 11.2 Å². The van der Waals surface area contributed by atoms with Gasteiger partial charge in [0, 0.05) is 31.1 Å². The predicted octanol–water partition coefficient (Wildman–Crippen LogP) is -3.01. The van der Waals surface area contributed by atoms with Crippen LogP contribution in [0.4, 0.5) is 5.82 Å². The number of fused-ring (bicyclic) bond motifs is 1. The van der Waals surface area contributed by atoms with Crippen molar-refractivity contribution >= 4 is 27.2 Å². The summed E-state index contributed by atoms with van der Waals surface area (Å²) in [5, 5.41) is 20.2. The van der Waals surface area contributed by atoms with Crippen molar-refractivity contribution in [3.8, 4) is 0 Å². The van der Waals surface area contributed by atoms with Crippen molar-refractivity contribution in [1.29, 1.82) is 0 Å². The molecule has 2 aliphatic heterocycles. The molecule has 0 unspecified atom stereocenters. The zero-order valence-electron chi connectivity index (χ0n) is 20.1. The molecule has 18 heteroatoms. The van der Waals surface area contributed by atoms with Gasteiger partial charge in [-0.15, -0.1) is 0 Å². The number of ether oxygens (including phenoxy) is 2. The van der Waals surface area contributed by atoms with E-state index in [9.17, 15) is 28.2 Å². The monoisotopic (exact) mass is 553 g/mol. The quantitative estimate of drug-likeness (QED) is 0.163.